The molecule has 2 unspecified atom stereocenters. The van der Waals surface area contributed by atoms with Crippen LogP contribution < -0.4 is 0 Å². The molecule has 0 bridgehead atoms. The first-order valence-corrected chi connectivity index (χ1v) is 7.69. The third-order valence-corrected chi connectivity index (χ3v) is 4.68. The molecular formula is C17H22O4. The van der Waals surface area contributed by atoms with Gasteiger partial charge in [-0.25, -0.2) is 0 Å². The minimum Gasteiger partial charge on any atom is -0.381 e. The zero-order valence-corrected chi connectivity index (χ0v) is 12.2. The lowest BCUT2D eigenvalue weighted by atomic mass is 9.77. The highest BCUT2D eigenvalue weighted by atomic mass is 16.5. The van der Waals surface area contributed by atoms with Crippen LogP contribution in [0.5, 0.6) is 0 Å². The van der Waals surface area contributed by atoms with Gasteiger partial charge in [0.05, 0.1) is 5.60 Å². The van der Waals surface area contributed by atoms with E-state index in [0.717, 1.165) is 12.8 Å². The molecular weight excluding hydrogens is 268 g/mol. The van der Waals surface area contributed by atoms with Gasteiger partial charge in [0.1, 0.15) is 6.10 Å². The zero-order chi connectivity index (χ0) is 14.7. The summed E-state index contributed by atoms with van der Waals surface area (Å²) in [4.78, 5) is 12.6. The molecule has 2 heterocycles. The van der Waals surface area contributed by atoms with Crippen molar-refractivity contribution in [2.45, 2.75) is 37.4 Å². The third-order valence-electron chi connectivity index (χ3n) is 4.68. The predicted molar refractivity (Wildman–Crippen MR) is 77.9 cm³/mol. The number of carbonyl (C=O) groups is 1. The summed E-state index contributed by atoms with van der Waals surface area (Å²) in [5, 5.41) is 10.3. The largest absolute Gasteiger partial charge is 0.381 e. The van der Waals surface area contributed by atoms with Gasteiger partial charge in [-0.15, -0.1) is 0 Å². The molecule has 0 saturated carbocycles. The van der Waals surface area contributed by atoms with Crippen LogP contribution in [-0.2, 0) is 14.3 Å². The highest BCUT2D eigenvalue weighted by molar-refractivity contribution is 5.86. The summed E-state index contributed by atoms with van der Waals surface area (Å²) >= 11 is 0. The molecule has 2 aliphatic heterocycles. The molecule has 3 rings (SSSR count). The Bertz CT molecular complexity index is 473. The van der Waals surface area contributed by atoms with Crippen molar-refractivity contribution in [1.29, 1.82) is 0 Å². The predicted octanol–water partition coefficient (Wildman–Crippen LogP) is 2.26. The number of Topliss-reactive ketones (excluding diaryl/α,β-unsaturated/α-hetero) is 1. The van der Waals surface area contributed by atoms with E-state index in [2.05, 4.69) is 0 Å². The van der Waals surface area contributed by atoms with Gasteiger partial charge in [0, 0.05) is 25.7 Å². The number of aliphatic hydroxyl groups is 1. The fourth-order valence-corrected chi connectivity index (χ4v) is 3.39. The highest BCUT2D eigenvalue weighted by Gasteiger charge is 2.42. The van der Waals surface area contributed by atoms with E-state index in [9.17, 15) is 9.90 Å². The van der Waals surface area contributed by atoms with Crippen molar-refractivity contribution >= 4 is 5.78 Å². The van der Waals surface area contributed by atoms with E-state index in [1.54, 1.807) is 12.1 Å². The summed E-state index contributed by atoms with van der Waals surface area (Å²) in [5.41, 5.74) is 0.461. The molecule has 0 amide bonds. The lowest BCUT2D eigenvalue weighted by molar-refractivity contribution is -0.161. The Balaban J connectivity index is 1.69. The lowest BCUT2D eigenvalue weighted by Gasteiger charge is -2.43. The van der Waals surface area contributed by atoms with E-state index in [0.29, 0.717) is 38.2 Å². The lowest BCUT2D eigenvalue weighted by Crippen LogP contribution is -2.46. The summed E-state index contributed by atoms with van der Waals surface area (Å²) in [6.07, 6.45) is 2.08. The fourth-order valence-electron chi connectivity index (χ4n) is 3.39. The van der Waals surface area contributed by atoms with Gasteiger partial charge < -0.3 is 14.6 Å². The number of ketones is 1. The zero-order valence-electron chi connectivity index (χ0n) is 12.2. The van der Waals surface area contributed by atoms with Gasteiger partial charge in [0.15, 0.2) is 5.78 Å². The Morgan fingerprint density at radius 1 is 1.19 bits per heavy atom. The fraction of sp³-hybridized carbons (Fsp3) is 0.588. The second kappa shape index (κ2) is 6.26. The summed E-state index contributed by atoms with van der Waals surface area (Å²) in [7, 11) is 0. The Kier molecular flexibility index (Phi) is 4.38. The van der Waals surface area contributed by atoms with Crippen LogP contribution in [0.25, 0.3) is 0 Å². The third kappa shape index (κ3) is 3.18. The molecule has 2 saturated heterocycles. The first-order valence-electron chi connectivity index (χ1n) is 7.69. The molecule has 1 aromatic rings. The minimum atomic E-state index is -1.02. The van der Waals surface area contributed by atoms with E-state index >= 15 is 0 Å². The molecule has 0 aromatic heterocycles. The molecule has 21 heavy (non-hydrogen) atoms. The van der Waals surface area contributed by atoms with Crippen molar-refractivity contribution in [3.05, 3.63) is 35.9 Å². The summed E-state index contributed by atoms with van der Waals surface area (Å²) in [6, 6.07) is 9.16. The molecule has 0 aliphatic carbocycles. The number of hydrogen-bond acceptors (Lipinski definition) is 4. The summed E-state index contributed by atoms with van der Waals surface area (Å²) < 4.78 is 11.4. The molecule has 2 fully saturated rings. The van der Waals surface area contributed by atoms with Crippen LogP contribution in [0.1, 0.15) is 37.4 Å². The Morgan fingerprint density at radius 3 is 2.62 bits per heavy atom. The van der Waals surface area contributed by atoms with Gasteiger partial charge in [-0.05, 0) is 31.2 Å². The van der Waals surface area contributed by atoms with Crippen LogP contribution in [0.4, 0.5) is 0 Å². The Labute approximate surface area is 125 Å². The first kappa shape index (κ1) is 14.7. The summed E-state index contributed by atoms with van der Waals surface area (Å²) in [6.45, 7) is 1.99. The van der Waals surface area contributed by atoms with Crippen molar-refractivity contribution in [2.75, 3.05) is 19.8 Å². The molecule has 2 atom stereocenters. The molecule has 1 aromatic carbocycles. The van der Waals surface area contributed by atoms with Crippen molar-refractivity contribution in [3.63, 3.8) is 0 Å². The average molecular weight is 290 g/mol. The second-order valence-electron chi connectivity index (χ2n) is 6.05. The van der Waals surface area contributed by atoms with E-state index in [1.807, 2.05) is 18.2 Å². The van der Waals surface area contributed by atoms with Gasteiger partial charge in [-0.2, -0.15) is 0 Å². The molecule has 1 spiro atoms. The summed E-state index contributed by atoms with van der Waals surface area (Å²) in [5.74, 6) is -0.192. The average Bonchev–Trinajstić information content (AvgIpc) is 2.55. The van der Waals surface area contributed by atoms with Crippen LogP contribution in [-0.4, -0.2) is 36.3 Å². The number of hydrogen-bond donors (Lipinski definition) is 1. The van der Waals surface area contributed by atoms with Gasteiger partial charge >= 0.3 is 0 Å². The number of carbonyl (C=O) groups excluding carboxylic acids is 1. The molecule has 114 valence electrons. The molecule has 4 heteroatoms. The maximum atomic E-state index is 12.6. The standard InChI is InChI=1S/C17H22O4/c18-15(13-4-2-1-3-5-13)16(19)14-6-9-21-17(12-14)7-10-20-11-8-17/h1-5,14-15,18H,6-12H2. The van der Waals surface area contributed by atoms with Crippen molar-refractivity contribution in [1.82, 2.24) is 0 Å². The molecule has 2 aliphatic rings. The number of aliphatic hydroxyl groups excluding tert-OH is 1. The van der Waals surface area contributed by atoms with Gasteiger partial charge in [-0.1, -0.05) is 30.3 Å². The van der Waals surface area contributed by atoms with Gasteiger partial charge in [0.25, 0.3) is 0 Å². The molecule has 4 nitrogen and oxygen atoms in total. The van der Waals surface area contributed by atoms with Gasteiger partial charge in [-0.3, -0.25) is 4.79 Å². The van der Waals surface area contributed by atoms with E-state index in [-0.39, 0.29) is 17.3 Å². The topological polar surface area (TPSA) is 55.8 Å². The van der Waals surface area contributed by atoms with Crippen LogP contribution in [0.3, 0.4) is 0 Å². The number of benzene rings is 1. The Hall–Kier alpha value is -1.23. The molecule has 1 N–H and O–H groups in total. The molecule has 0 radical (unpaired) electrons. The van der Waals surface area contributed by atoms with Crippen LogP contribution >= 0.6 is 0 Å². The smallest absolute Gasteiger partial charge is 0.169 e. The minimum absolute atomic E-state index is 0.0737. The highest BCUT2D eigenvalue weighted by Crippen LogP contribution is 2.38. The van der Waals surface area contributed by atoms with Crippen molar-refractivity contribution < 1.29 is 19.4 Å². The first-order chi connectivity index (χ1) is 10.2. The maximum Gasteiger partial charge on any atom is 0.169 e. The van der Waals surface area contributed by atoms with E-state index in [4.69, 9.17) is 9.47 Å². The van der Waals surface area contributed by atoms with E-state index < -0.39 is 6.10 Å². The van der Waals surface area contributed by atoms with Crippen LogP contribution in [0.15, 0.2) is 30.3 Å². The van der Waals surface area contributed by atoms with E-state index in [1.165, 1.54) is 0 Å². The van der Waals surface area contributed by atoms with Gasteiger partial charge in [0.2, 0.25) is 0 Å². The second-order valence-corrected chi connectivity index (χ2v) is 6.05. The van der Waals surface area contributed by atoms with Crippen LogP contribution in [0, 0.1) is 5.92 Å². The monoisotopic (exact) mass is 290 g/mol. The Morgan fingerprint density at radius 2 is 1.90 bits per heavy atom. The van der Waals surface area contributed by atoms with Crippen molar-refractivity contribution in [3.8, 4) is 0 Å². The maximum absolute atomic E-state index is 12.6. The quantitative estimate of drug-likeness (QED) is 0.928. The number of ether oxygens (including phenoxy) is 2. The van der Waals surface area contributed by atoms with Crippen LogP contribution in [0.2, 0.25) is 0 Å². The normalized spacial score (nSPS) is 26.4. The number of rotatable bonds is 3. The van der Waals surface area contributed by atoms with Crippen molar-refractivity contribution in [2.24, 2.45) is 5.92 Å². The SMILES string of the molecule is O=C(C1CCOC2(CCOCC2)C1)C(O)c1ccccc1.